The van der Waals surface area contributed by atoms with E-state index in [4.69, 9.17) is 4.74 Å². The maximum Gasteiger partial charge on any atom is 0.339 e. The molecule has 0 saturated heterocycles. The number of nitrogens with one attached hydrogen (secondary N) is 2. The normalized spacial score (nSPS) is 10.4. The molecule has 0 radical (unpaired) electrons. The third-order valence-electron chi connectivity index (χ3n) is 3.76. The minimum atomic E-state index is -0.566. The molecule has 0 aliphatic carbocycles. The fourth-order valence-corrected chi connectivity index (χ4v) is 2.48. The minimum absolute atomic E-state index is 0.119. The Hall–Kier alpha value is -2.89. The second-order valence-electron chi connectivity index (χ2n) is 5.64. The third kappa shape index (κ3) is 4.35. The molecular weight excluding hydrogens is 320 g/mol. The van der Waals surface area contributed by atoms with E-state index < -0.39 is 17.4 Å². The molecule has 0 spiro atoms. The maximum atomic E-state index is 12.5. The van der Waals surface area contributed by atoms with Crippen LogP contribution < -0.4 is 10.9 Å². The van der Waals surface area contributed by atoms with Crippen LogP contribution >= 0.6 is 0 Å². The van der Waals surface area contributed by atoms with E-state index in [2.05, 4.69) is 10.3 Å². The van der Waals surface area contributed by atoms with E-state index in [9.17, 15) is 14.4 Å². The van der Waals surface area contributed by atoms with Crippen LogP contribution in [0.15, 0.2) is 35.1 Å². The number of ether oxygens (including phenoxy) is 1. The SMILES string of the molecule is CCCc1[nH]c(=O)c(C(=O)Nc2ccccc2C)cc1C(=O)OCC. The molecule has 0 saturated carbocycles. The maximum absolute atomic E-state index is 12.5. The molecule has 2 aromatic rings. The lowest BCUT2D eigenvalue weighted by atomic mass is 10.1. The fourth-order valence-electron chi connectivity index (χ4n) is 2.48. The molecule has 6 nitrogen and oxygen atoms in total. The van der Waals surface area contributed by atoms with Crippen molar-refractivity contribution in [3.05, 3.63) is 63.1 Å². The van der Waals surface area contributed by atoms with E-state index in [1.54, 1.807) is 19.1 Å². The average molecular weight is 342 g/mol. The van der Waals surface area contributed by atoms with Crippen LogP contribution in [0.2, 0.25) is 0 Å². The van der Waals surface area contributed by atoms with Crippen molar-refractivity contribution in [1.29, 1.82) is 0 Å². The van der Waals surface area contributed by atoms with Crippen molar-refractivity contribution < 1.29 is 14.3 Å². The van der Waals surface area contributed by atoms with Crippen molar-refractivity contribution in [2.75, 3.05) is 11.9 Å². The molecule has 1 heterocycles. The molecule has 1 amide bonds. The first-order valence-electron chi connectivity index (χ1n) is 8.28. The highest BCUT2D eigenvalue weighted by molar-refractivity contribution is 6.05. The topological polar surface area (TPSA) is 88.3 Å². The fraction of sp³-hybridized carbons (Fsp3) is 0.316. The lowest BCUT2D eigenvalue weighted by Crippen LogP contribution is -2.26. The van der Waals surface area contributed by atoms with Gasteiger partial charge in [0.1, 0.15) is 5.56 Å². The standard InChI is InChI=1S/C19H22N2O4/c1-4-8-16-13(19(24)25-5-2)11-14(18(23)21-16)17(22)20-15-10-7-6-9-12(15)3/h6-7,9-11H,4-5,8H2,1-3H3,(H,20,22)(H,21,23). The van der Waals surface area contributed by atoms with E-state index in [1.165, 1.54) is 6.07 Å². The average Bonchev–Trinajstić information content (AvgIpc) is 2.57. The molecule has 0 aliphatic heterocycles. The summed E-state index contributed by atoms with van der Waals surface area (Å²) >= 11 is 0. The van der Waals surface area contributed by atoms with Gasteiger partial charge in [-0.25, -0.2) is 4.79 Å². The minimum Gasteiger partial charge on any atom is -0.462 e. The van der Waals surface area contributed by atoms with Gasteiger partial charge in [-0.05, 0) is 38.0 Å². The number of para-hydroxylation sites is 1. The Labute approximate surface area is 146 Å². The molecule has 132 valence electrons. The van der Waals surface area contributed by atoms with Crippen LogP contribution in [-0.4, -0.2) is 23.5 Å². The number of anilines is 1. The zero-order valence-electron chi connectivity index (χ0n) is 14.6. The number of aryl methyl sites for hydroxylation is 2. The molecule has 1 aromatic heterocycles. The van der Waals surface area contributed by atoms with Gasteiger partial charge in [0.25, 0.3) is 11.5 Å². The van der Waals surface area contributed by atoms with Crippen LogP contribution in [0.25, 0.3) is 0 Å². The van der Waals surface area contributed by atoms with Crippen LogP contribution in [0.5, 0.6) is 0 Å². The van der Waals surface area contributed by atoms with Crippen molar-refractivity contribution in [3.8, 4) is 0 Å². The van der Waals surface area contributed by atoms with Gasteiger partial charge in [-0.3, -0.25) is 9.59 Å². The highest BCUT2D eigenvalue weighted by Crippen LogP contribution is 2.15. The van der Waals surface area contributed by atoms with Crippen molar-refractivity contribution in [2.24, 2.45) is 0 Å². The quantitative estimate of drug-likeness (QED) is 0.790. The van der Waals surface area contributed by atoms with Crippen LogP contribution in [0.4, 0.5) is 5.69 Å². The van der Waals surface area contributed by atoms with Gasteiger partial charge in [0.05, 0.1) is 12.2 Å². The Morgan fingerprint density at radius 2 is 1.88 bits per heavy atom. The number of hydrogen-bond donors (Lipinski definition) is 2. The Bertz CT molecular complexity index is 840. The molecule has 0 aliphatic rings. The summed E-state index contributed by atoms with van der Waals surface area (Å²) in [5, 5.41) is 2.71. The molecule has 2 rings (SSSR count). The van der Waals surface area contributed by atoms with E-state index in [1.807, 2.05) is 26.0 Å². The summed E-state index contributed by atoms with van der Waals surface area (Å²) in [6.07, 6.45) is 1.26. The Balaban J connectivity index is 2.41. The summed E-state index contributed by atoms with van der Waals surface area (Å²) in [4.78, 5) is 39.6. The highest BCUT2D eigenvalue weighted by Gasteiger charge is 2.20. The number of benzene rings is 1. The van der Waals surface area contributed by atoms with Gasteiger partial charge in [0, 0.05) is 11.4 Å². The predicted octanol–water partition coefficient (Wildman–Crippen LogP) is 3.06. The second-order valence-corrected chi connectivity index (χ2v) is 5.64. The lowest BCUT2D eigenvalue weighted by Gasteiger charge is -2.11. The first-order valence-corrected chi connectivity index (χ1v) is 8.28. The van der Waals surface area contributed by atoms with Gasteiger partial charge in [0.2, 0.25) is 0 Å². The van der Waals surface area contributed by atoms with Crippen LogP contribution in [-0.2, 0) is 11.2 Å². The van der Waals surface area contributed by atoms with Crippen LogP contribution in [0, 0.1) is 6.92 Å². The largest absolute Gasteiger partial charge is 0.462 e. The first-order chi connectivity index (χ1) is 12.0. The van der Waals surface area contributed by atoms with Gasteiger partial charge in [-0.15, -0.1) is 0 Å². The molecule has 6 heteroatoms. The van der Waals surface area contributed by atoms with Crippen molar-refractivity contribution >= 4 is 17.6 Å². The Morgan fingerprint density at radius 1 is 1.16 bits per heavy atom. The van der Waals surface area contributed by atoms with Gasteiger partial charge >= 0.3 is 5.97 Å². The molecule has 0 atom stereocenters. The smallest absolute Gasteiger partial charge is 0.339 e. The molecule has 0 bridgehead atoms. The number of aromatic amines is 1. The number of carbonyl (C=O) groups is 2. The van der Waals surface area contributed by atoms with E-state index >= 15 is 0 Å². The predicted molar refractivity (Wildman–Crippen MR) is 96.1 cm³/mol. The zero-order chi connectivity index (χ0) is 18.4. The van der Waals surface area contributed by atoms with Crippen molar-refractivity contribution in [3.63, 3.8) is 0 Å². The molecule has 2 N–H and O–H groups in total. The summed E-state index contributed by atoms with van der Waals surface area (Å²) < 4.78 is 5.03. The summed E-state index contributed by atoms with van der Waals surface area (Å²) in [6.45, 7) is 5.71. The van der Waals surface area contributed by atoms with Crippen LogP contribution in [0.1, 0.15) is 52.2 Å². The Morgan fingerprint density at radius 3 is 2.52 bits per heavy atom. The number of rotatable bonds is 6. The summed E-state index contributed by atoms with van der Waals surface area (Å²) in [5.74, 6) is -1.11. The number of esters is 1. The summed E-state index contributed by atoms with van der Waals surface area (Å²) in [5.41, 5.74) is 1.55. The monoisotopic (exact) mass is 342 g/mol. The van der Waals surface area contributed by atoms with E-state index in [-0.39, 0.29) is 17.7 Å². The summed E-state index contributed by atoms with van der Waals surface area (Å²) in [7, 11) is 0. The third-order valence-corrected chi connectivity index (χ3v) is 3.76. The van der Waals surface area contributed by atoms with Gasteiger partial charge in [0.15, 0.2) is 0 Å². The van der Waals surface area contributed by atoms with Crippen LogP contribution in [0.3, 0.4) is 0 Å². The highest BCUT2D eigenvalue weighted by atomic mass is 16.5. The number of aromatic nitrogens is 1. The summed E-state index contributed by atoms with van der Waals surface area (Å²) in [6, 6.07) is 8.57. The van der Waals surface area contributed by atoms with Crippen molar-refractivity contribution in [2.45, 2.75) is 33.6 Å². The molecule has 25 heavy (non-hydrogen) atoms. The lowest BCUT2D eigenvalue weighted by molar-refractivity contribution is 0.0524. The van der Waals surface area contributed by atoms with E-state index in [0.29, 0.717) is 17.8 Å². The molecular formula is C19H22N2O4. The first kappa shape index (κ1) is 18.4. The van der Waals surface area contributed by atoms with Gasteiger partial charge < -0.3 is 15.0 Å². The number of pyridine rings is 1. The van der Waals surface area contributed by atoms with Crippen molar-refractivity contribution in [1.82, 2.24) is 4.98 Å². The number of carbonyl (C=O) groups excluding carboxylic acids is 2. The zero-order valence-corrected chi connectivity index (χ0v) is 14.6. The van der Waals surface area contributed by atoms with Gasteiger partial charge in [-0.1, -0.05) is 31.5 Å². The number of hydrogen-bond acceptors (Lipinski definition) is 4. The van der Waals surface area contributed by atoms with E-state index in [0.717, 1.165) is 12.0 Å². The molecule has 0 fully saturated rings. The number of H-pyrrole nitrogens is 1. The Kier molecular flexibility index (Phi) is 6.11. The number of amides is 1. The second kappa shape index (κ2) is 8.28. The van der Waals surface area contributed by atoms with Gasteiger partial charge in [-0.2, -0.15) is 0 Å². The molecule has 1 aromatic carbocycles. The molecule has 0 unspecified atom stereocenters.